The van der Waals surface area contributed by atoms with Crippen molar-refractivity contribution in [2.75, 3.05) is 25.5 Å². The molecule has 0 aliphatic carbocycles. The summed E-state index contributed by atoms with van der Waals surface area (Å²) in [6.45, 7) is 1.16. The van der Waals surface area contributed by atoms with E-state index >= 15 is 0 Å². The maximum absolute atomic E-state index is 12.4. The number of hydrogen-bond acceptors (Lipinski definition) is 6. The third-order valence-electron chi connectivity index (χ3n) is 4.25. The van der Waals surface area contributed by atoms with Crippen LogP contribution in [-0.4, -0.2) is 35.9 Å². The second-order valence-corrected chi connectivity index (χ2v) is 6.81. The number of amides is 1. The maximum atomic E-state index is 12.4. The van der Waals surface area contributed by atoms with E-state index in [1.54, 1.807) is 11.3 Å². The van der Waals surface area contributed by atoms with Crippen LogP contribution in [0.1, 0.15) is 23.8 Å². The topological polar surface area (TPSA) is 84.7 Å². The van der Waals surface area contributed by atoms with Crippen molar-refractivity contribution < 1.29 is 14.5 Å². The number of nitro groups is 1. The Bertz CT molecular complexity index is 763. The minimum Gasteiger partial charge on any atom is -0.494 e. The van der Waals surface area contributed by atoms with Crippen LogP contribution < -0.4 is 10.1 Å². The van der Waals surface area contributed by atoms with Crippen molar-refractivity contribution in [2.24, 2.45) is 0 Å². The second-order valence-electron chi connectivity index (χ2n) is 5.83. The number of carbonyl (C=O) groups is 1. The molecule has 0 unspecified atom stereocenters. The van der Waals surface area contributed by atoms with Gasteiger partial charge < -0.3 is 10.1 Å². The molecule has 3 rings (SSSR count). The Morgan fingerprint density at radius 1 is 1.48 bits per heavy atom. The zero-order valence-corrected chi connectivity index (χ0v) is 14.6. The van der Waals surface area contributed by atoms with Gasteiger partial charge in [0.15, 0.2) is 0 Å². The van der Waals surface area contributed by atoms with Crippen molar-refractivity contribution in [3.05, 3.63) is 50.7 Å². The summed E-state index contributed by atoms with van der Waals surface area (Å²) in [6.07, 6.45) is 2.12. The summed E-state index contributed by atoms with van der Waals surface area (Å²) >= 11 is 1.71. The van der Waals surface area contributed by atoms with Crippen LogP contribution >= 0.6 is 11.3 Å². The van der Waals surface area contributed by atoms with Crippen molar-refractivity contribution in [1.29, 1.82) is 0 Å². The molecule has 132 valence electrons. The molecule has 7 nitrogen and oxygen atoms in total. The largest absolute Gasteiger partial charge is 0.494 e. The number of nitrogens with one attached hydrogen (secondary N) is 1. The highest BCUT2D eigenvalue weighted by molar-refractivity contribution is 7.10. The summed E-state index contributed by atoms with van der Waals surface area (Å²) in [4.78, 5) is 26.2. The van der Waals surface area contributed by atoms with Crippen LogP contribution in [0.2, 0.25) is 0 Å². The molecule has 0 radical (unpaired) electrons. The number of rotatable bonds is 6. The summed E-state index contributed by atoms with van der Waals surface area (Å²) in [5.41, 5.74) is 0.358. The van der Waals surface area contributed by atoms with Crippen LogP contribution in [0.3, 0.4) is 0 Å². The number of nitrogens with zero attached hydrogens (tertiary/aromatic N) is 2. The van der Waals surface area contributed by atoms with Crippen molar-refractivity contribution in [2.45, 2.75) is 18.9 Å². The standard InChI is InChI=1S/C17H19N3O4S/c1-24-15-10-12(20(22)23)6-7-13(15)18-17(21)11-19-8-2-4-14(19)16-5-3-9-25-16/h3,5-7,9-10,14H,2,4,8,11H2,1H3,(H,18,21)/t14-/m1/s1. The Labute approximate surface area is 149 Å². The molecular formula is C17H19N3O4S. The van der Waals surface area contributed by atoms with Gasteiger partial charge in [-0.1, -0.05) is 6.07 Å². The van der Waals surface area contributed by atoms with Crippen molar-refractivity contribution in [3.8, 4) is 5.75 Å². The number of hydrogen-bond donors (Lipinski definition) is 1. The average Bonchev–Trinajstić information content (AvgIpc) is 3.26. The fourth-order valence-corrected chi connectivity index (χ4v) is 3.98. The molecule has 0 bridgehead atoms. The first-order valence-corrected chi connectivity index (χ1v) is 8.86. The minimum atomic E-state index is -0.496. The monoisotopic (exact) mass is 361 g/mol. The number of non-ortho nitro benzene ring substituents is 1. The SMILES string of the molecule is COc1cc([N+](=O)[O-])ccc1NC(=O)CN1CCC[C@@H]1c1cccs1. The molecule has 25 heavy (non-hydrogen) atoms. The van der Waals surface area contributed by atoms with Crippen molar-refractivity contribution in [3.63, 3.8) is 0 Å². The zero-order chi connectivity index (χ0) is 17.8. The Morgan fingerprint density at radius 2 is 2.32 bits per heavy atom. The first kappa shape index (κ1) is 17.4. The quantitative estimate of drug-likeness (QED) is 0.629. The molecule has 2 aromatic rings. The van der Waals surface area contributed by atoms with Gasteiger partial charge in [0.05, 0.1) is 30.3 Å². The van der Waals surface area contributed by atoms with Crippen LogP contribution in [0, 0.1) is 10.1 Å². The van der Waals surface area contributed by atoms with Crippen LogP contribution in [0.15, 0.2) is 35.7 Å². The molecule has 1 aliphatic rings. The van der Waals surface area contributed by atoms with E-state index in [2.05, 4.69) is 16.3 Å². The van der Waals surface area contributed by atoms with E-state index in [0.717, 1.165) is 19.4 Å². The average molecular weight is 361 g/mol. The number of ether oxygens (including phenoxy) is 1. The number of nitro benzene ring substituents is 1. The second kappa shape index (κ2) is 7.62. The summed E-state index contributed by atoms with van der Waals surface area (Å²) in [6, 6.07) is 8.56. The van der Waals surface area contributed by atoms with Gasteiger partial charge in [0.1, 0.15) is 5.75 Å². The Morgan fingerprint density at radius 3 is 3.00 bits per heavy atom. The fraction of sp³-hybridized carbons (Fsp3) is 0.353. The molecule has 1 aromatic heterocycles. The number of benzene rings is 1. The third-order valence-corrected chi connectivity index (χ3v) is 5.23. The minimum absolute atomic E-state index is 0.0767. The molecule has 2 heterocycles. The zero-order valence-electron chi connectivity index (χ0n) is 13.8. The predicted octanol–water partition coefficient (Wildman–Crippen LogP) is 3.44. The molecule has 1 aromatic carbocycles. The summed E-state index contributed by atoms with van der Waals surface area (Å²) < 4.78 is 5.16. The highest BCUT2D eigenvalue weighted by atomic mass is 32.1. The van der Waals surface area contributed by atoms with Gasteiger partial charge in [0, 0.05) is 17.0 Å². The van der Waals surface area contributed by atoms with Crippen LogP contribution in [0.25, 0.3) is 0 Å². The summed E-state index contributed by atoms with van der Waals surface area (Å²) in [5.74, 6) is 0.120. The van der Waals surface area contributed by atoms with E-state index in [1.165, 1.54) is 30.2 Å². The van der Waals surface area contributed by atoms with Gasteiger partial charge in [-0.05, 0) is 36.9 Å². The lowest BCUT2D eigenvalue weighted by Gasteiger charge is -2.23. The number of carbonyl (C=O) groups excluding carboxylic acids is 1. The molecule has 0 saturated carbocycles. The van der Waals surface area contributed by atoms with Crippen molar-refractivity contribution in [1.82, 2.24) is 4.90 Å². The number of thiophene rings is 1. The molecule has 1 amide bonds. The van der Waals surface area contributed by atoms with Crippen LogP contribution in [0.5, 0.6) is 5.75 Å². The first-order chi connectivity index (χ1) is 12.1. The fourth-order valence-electron chi connectivity index (χ4n) is 3.09. The van der Waals surface area contributed by atoms with E-state index in [4.69, 9.17) is 4.74 Å². The van der Waals surface area contributed by atoms with E-state index in [9.17, 15) is 14.9 Å². The summed E-state index contributed by atoms with van der Waals surface area (Å²) in [7, 11) is 1.42. The summed E-state index contributed by atoms with van der Waals surface area (Å²) in [5, 5.41) is 15.7. The molecule has 1 atom stereocenters. The normalized spacial score (nSPS) is 17.4. The maximum Gasteiger partial charge on any atom is 0.273 e. The molecule has 1 aliphatic heterocycles. The van der Waals surface area contributed by atoms with Crippen LogP contribution in [0.4, 0.5) is 11.4 Å². The smallest absolute Gasteiger partial charge is 0.273 e. The highest BCUT2D eigenvalue weighted by Gasteiger charge is 2.28. The number of likely N-dealkylation sites (tertiary alicyclic amines) is 1. The Hall–Kier alpha value is -2.45. The van der Waals surface area contributed by atoms with Crippen LogP contribution in [-0.2, 0) is 4.79 Å². The first-order valence-electron chi connectivity index (χ1n) is 7.98. The third kappa shape index (κ3) is 3.97. The number of anilines is 1. The van der Waals surface area contributed by atoms with Crippen molar-refractivity contribution >= 4 is 28.6 Å². The molecule has 1 fully saturated rings. The van der Waals surface area contributed by atoms with Gasteiger partial charge in [-0.15, -0.1) is 11.3 Å². The highest BCUT2D eigenvalue weighted by Crippen LogP contribution is 2.34. The molecular weight excluding hydrogens is 342 g/mol. The van der Waals surface area contributed by atoms with Gasteiger partial charge >= 0.3 is 0 Å². The lowest BCUT2D eigenvalue weighted by Crippen LogP contribution is -2.32. The lowest BCUT2D eigenvalue weighted by molar-refractivity contribution is -0.384. The van der Waals surface area contributed by atoms with Gasteiger partial charge in [0.25, 0.3) is 5.69 Å². The van der Waals surface area contributed by atoms with Gasteiger partial charge in [-0.25, -0.2) is 0 Å². The van der Waals surface area contributed by atoms with Gasteiger partial charge in [-0.3, -0.25) is 19.8 Å². The molecule has 0 spiro atoms. The molecule has 1 saturated heterocycles. The van der Waals surface area contributed by atoms with Gasteiger partial charge in [0.2, 0.25) is 5.91 Å². The molecule has 1 N–H and O–H groups in total. The molecule has 8 heteroatoms. The Kier molecular flexibility index (Phi) is 5.30. The van der Waals surface area contributed by atoms with Gasteiger partial charge in [-0.2, -0.15) is 0 Å². The van der Waals surface area contributed by atoms with E-state index in [0.29, 0.717) is 5.69 Å². The van der Waals surface area contributed by atoms with E-state index < -0.39 is 4.92 Å². The van der Waals surface area contributed by atoms with E-state index in [1.807, 2.05) is 11.4 Å². The lowest BCUT2D eigenvalue weighted by atomic mass is 10.2. The Balaban J connectivity index is 1.67. The van der Waals surface area contributed by atoms with E-state index in [-0.39, 0.29) is 29.9 Å². The predicted molar refractivity (Wildman–Crippen MR) is 96.1 cm³/mol. The number of methoxy groups -OCH3 is 1.